The Kier molecular flexibility index (Phi) is 3.90. The van der Waals surface area contributed by atoms with E-state index >= 15 is 0 Å². The summed E-state index contributed by atoms with van der Waals surface area (Å²) in [6.45, 7) is 1.95. The molecule has 0 aliphatic carbocycles. The van der Waals surface area contributed by atoms with Gasteiger partial charge in [0.2, 0.25) is 5.78 Å². The molecule has 0 fully saturated rings. The molecule has 20 heavy (non-hydrogen) atoms. The van der Waals surface area contributed by atoms with E-state index in [-0.39, 0.29) is 6.42 Å². The van der Waals surface area contributed by atoms with Gasteiger partial charge in [0.15, 0.2) is 0 Å². The molecule has 104 valence electrons. The topological polar surface area (TPSA) is 114 Å². The van der Waals surface area contributed by atoms with E-state index in [9.17, 15) is 14.4 Å². The third-order valence-electron chi connectivity index (χ3n) is 3.07. The number of ketones is 1. The second-order valence-corrected chi connectivity index (χ2v) is 4.49. The van der Waals surface area contributed by atoms with Crippen LogP contribution in [0.2, 0.25) is 0 Å². The summed E-state index contributed by atoms with van der Waals surface area (Å²) in [6.07, 6.45) is 0.0706. The van der Waals surface area contributed by atoms with Crippen molar-refractivity contribution < 1.29 is 14.4 Å². The standard InChI is InChI=1S/C13H14N4O3/c1-7-2-4-8(5-3-7)10-6-9(12(19)17-16-10)11(18)13(20)15-14/h2-5,9H,6,14H2,1H3,(H,15,20)(H,17,19). The highest BCUT2D eigenvalue weighted by atomic mass is 16.2. The van der Waals surface area contributed by atoms with Gasteiger partial charge in [-0.15, -0.1) is 0 Å². The van der Waals surface area contributed by atoms with E-state index in [2.05, 4.69) is 10.5 Å². The van der Waals surface area contributed by atoms with Gasteiger partial charge in [0, 0.05) is 6.42 Å². The number of hydrogen-bond acceptors (Lipinski definition) is 5. The summed E-state index contributed by atoms with van der Waals surface area (Å²) < 4.78 is 0. The highest BCUT2D eigenvalue weighted by molar-refractivity contribution is 6.41. The van der Waals surface area contributed by atoms with Crippen LogP contribution in [-0.4, -0.2) is 23.3 Å². The average Bonchev–Trinajstić information content (AvgIpc) is 2.47. The van der Waals surface area contributed by atoms with Crippen LogP contribution in [0.1, 0.15) is 17.5 Å². The normalized spacial score (nSPS) is 18.0. The number of nitrogens with one attached hydrogen (secondary N) is 2. The Morgan fingerprint density at radius 1 is 1.35 bits per heavy atom. The van der Waals surface area contributed by atoms with Crippen LogP contribution in [0.15, 0.2) is 29.4 Å². The first-order valence-corrected chi connectivity index (χ1v) is 6.01. The van der Waals surface area contributed by atoms with Crippen molar-refractivity contribution in [2.45, 2.75) is 13.3 Å². The number of Topliss-reactive ketones (excluding diaryl/α,β-unsaturated/α-hetero) is 1. The van der Waals surface area contributed by atoms with Crippen LogP contribution in [0.4, 0.5) is 0 Å². The second-order valence-electron chi connectivity index (χ2n) is 4.49. The maximum Gasteiger partial charge on any atom is 0.302 e. The van der Waals surface area contributed by atoms with Gasteiger partial charge in [0.05, 0.1) is 5.71 Å². The number of aryl methyl sites for hydroxylation is 1. The summed E-state index contributed by atoms with van der Waals surface area (Å²) in [7, 11) is 0. The maximum atomic E-state index is 11.8. The van der Waals surface area contributed by atoms with Gasteiger partial charge in [-0.2, -0.15) is 5.10 Å². The minimum atomic E-state index is -1.10. The Balaban J connectivity index is 2.22. The molecule has 1 aliphatic rings. The lowest BCUT2D eigenvalue weighted by Crippen LogP contribution is -2.46. The molecule has 2 amide bonds. The van der Waals surface area contributed by atoms with Crippen molar-refractivity contribution in [3.63, 3.8) is 0 Å². The fourth-order valence-corrected chi connectivity index (χ4v) is 1.90. The van der Waals surface area contributed by atoms with Crippen molar-refractivity contribution in [3.05, 3.63) is 35.4 Å². The number of benzene rings is 1. The Morgan fingerprint density at radius 3 is 2.60 bits per heavy atom. The molecule has 1 aliphatic heterocycles. The Labute approximate surface area is 115 Å². The van der Waals surface area contributed by atoms with E-state index < -0.39 is 23.5 Å². The van der Waals surface area contributed by atoms with Gasteiger partial charge in [-0.05, 0) is 12.5 Å². The van der Waals surface area contributed by atoms with Gasteiger partial charge in [0.25, 0.3) is 5.91 Å². The number of carbonyl (C=O) groups is 3. The zero-order chi connectivity index (χ0) is 14.7. The largest absolute Gasteiger partial charge is 0.302 e. The Morgan fingerprint density at radius 2 is 2.00 bits per heavy atom. The highest BCUT2D eigenvalue weighted by Gasteiger charge is 2.35. The molecule has 0 saturated carbocycles. The minimum absolute atomic E-state index is 0.0706. The SMILES string of the molecule is Cc1ccc(C2=NNC(=O)C(C(=O)C(=O)NN)C2)cc1. The molecular formula is C13H14N4O3. The summed E-state index contributed by atoms with van der Waals surface area (Å²) in [5.41, 5.74) is 6.43. The van der Waals surface area contributed by atoms with Crippen molar-refractivity contribution in [1.29, 1.82) is 0 Å². The molecule has 4 N–H and O–H groups in total. The molecule has 0 aromatic heterocycles. The van der Waals surface area contributed by atoms with E-state index in [0.717, 1.165) is 11.1 Å². The molecule has 0 radical (unpaired) electrons. The molecular weight excluding hydrogens is 260 g/mol. The van der Waals surface area contributed by atoms with Crippen molar-refractivity contribution in [3.8, 4) is 0 Å². The molecule has 0 bridgehead atoms. The Bertz CT molecular complexity index is 592. The van der Waals surface area contributed by atoms with Crippen molar-refractivity contribution in [2.24, 2.45) is 16.9 Å². The zero-order valence-corrected chi connectivity index (χ0v) is 10.8. The molecule has 1 aromatic rings. The summed E-state index contributed by atoms with van der Waals surface area (Å²) in [5.74, 6) is 1.34. The number of nitrogens with zero attached hydrogens (tertiary/aromatic N) is 1. The number of hydrazine groups is 1. The first-order chi connectivity index (χ1) is 9.52. The van der Waals surface area contributed by atoms with Gasteiger partial charge in [-0.1, -0.05) is 29.8 Å². The van der Waals surface area contributed by atoms with Crippen LogP contribution in [-0.2, 0) is 14.4 Å². The molecule has 1 atom stereocenters. The molecule has 1 heterocycles. The van der Waals surface area contributed by atoms with Crippen LogP contribution in [0, 0.1) is 12.8 Å². The molecule has 1 aromatic carbocycles. The summed E-state index contributed by atoms with van der Waals surface area (Å²) >= 11 is 0. The van der Waals surface area contributed by atoms with Crippen LogP contribution in [0.25, 0.3) is 0 Å². The zero-order valence-electron chi connectivity index (χ0n) is 10.8. The lowest BCUT2D eigenvalue weighted by atomic mass is 9.91. The van der Waals surface area contributed by atoms with Crippen LogP contribution < -0.4 is 16.7 Å². The van der Waals surface area contributed by atoms with E-state index in [1.807, 2.05) is 31.2 Å². The molecule has 7 nitrogen and oxygen atoms in total. The van der Waals surface area contributed by atoms with Crippen molar-refractivity contribution >= 4 is 23.3 Å². The molecule has 0 spiro atoms. The fraction of sp³-hybridized carbons (Fsp3) is 0.231. The number of hydrogen-bond donors (Lipinski definition) is 3. The third-order valence-corrected chi connectivity index (χ3v) is 3.07. The summed E-state index contributed by atoms with van der Waals surface area (Å²) in [4.78, 5) is 34.6. The lowest BCUT2D eigenvalue weighted by molar-refractivity contribution is -0.144. The molecule has 7 heteroatoms. The quantitative estimate of drug-likeness (QED) is 0.224. The van der Waals surface area contributed by atoms with Crippen LogP contribution >= 0.6 is 0 Å². The van der Waals surface area contributed by atoms with E-state index in [0.29, 0.717) is 5.71 Å². The van der Waals surface area contributed by atoms with Gasteiger partial charge in [-0.25, -0.2) is 11.3 Å². The first kappa shape index (κ1) is 13.9. The van der Waals surface area contributed by atoms with Crippen molar-refractivity contribution in [1.82, 2.24) is 10.9 Å². The van der Waals surface area contributed by atoms with Gasteiger partial charge in [-0.3, -0.25) is 19.8 Å². The predicted octanol–water partition coefficient (Wildman–Crippen LogP) is -0.606. The second kappa shape index (κ2) is 5.62. The van der Waals surface area contributed by atoms with E-state index in [1.165, 1.54) is 0 Å². The van der Waals surface area contributed by atoms with E-state index in [4.69, 9.17) is 5.84 Å². The lowest BCUT2D eigenvalue weighted by Gasteiger charge is -2.19. The molecule has 1 unspecified atom stereocenters. The van der Waals surface area contributed by atoms with E-state index in [1.54, 1.807) is 5.43 Å². The van der Waals surface area contributed by atoms with Crippen LogP contribution in [0.3, 0.4) is 0 Å². The van der Waals surface area contributed by atoms with Gasteiger partial charge < -0.3 is 0 Å². The summed E-state index contributed by atoms with van der Waals surface area (Å²) in [6, 6.07) is 7.49. The number of rotatable bonds is 3. The summed E-state index contributed by atoms with van der Waals surface area (Å²) in [5, 5.41) is 3.93. The smallest absolute Gasteiger partial charge is 0.288 e. The van der Waals surface area contributed by atoms with Crippen molar-refractivity contribution in [2.75, 3.05) is 0 Å². The predicted molar refractivity (Wildman–Crippen MR) is 71.3 cm³/mol. The average molecular weight is 274 g/mol. The number of carbonyl (C=O) groups excluding carboxylic acids is 3. The van der Waals surface area contributed by atoms with Crippen LogP contribution in [0.5, 0.6) is 0 Å². The third kappa shape index (κ3) is 2.72. The fourth-order valence-electron chi connectivity index (χ4n) is 1.90. The monoisotopic (exact) mass is 274 g/mol. The highest BCUT2D eigenvalue weighted by Crippen LogP contribution is 2.17. The van der Waals surface area contributed by atoms with Gasteiger partial charge >= 0.3 is 5.91 Å². The first-order valence-electron chi connectivity index (χ1n) is 6.01. The Hall–Kier alpha value is -2.54. The minimum Gasteiger partial charge on any atom is -0.288 e. The molecule has 2 rings (SSSR count). The number of nitrogens with two attached hydrogens (primary N) is 1. The maximum absolute atomic E-state index is 11.8. The number of hydrazone groups is 1. The molecule has 0 saturated heterocycles. The number of amides is 2. The van der Waals surface area contributed by atoms with Gasteiger partial charge in [0.1, 0.15) is 5.92 Å².